The van der Waals surface area contributed by atoms with Crippen molar-refractivity contribution in [3.63, 3.8) is 0 Å². The second-order valence-electron chi connectivity index (χ2n) is 5.41. The Labute approximate surface area is 95.4 Å². The van der Waals surface area contributed by atoms with E-state index < -0.39 is 23.7 Å². The molecule has 0 radical (unpaired) electrons. The molecule has 1 aliphatic heterocycles. The molecule has 1 aliphatic rings. The summed E-state index contributed by atoms with van der Waals surface area (Å²) in [5.74, 6) is -0.849. The van der Waals surface area contributed by atoms with Crippen LogP contribution in [0.3, 0.4) is 0 Å². The number of hydrogen-bond donors (Lipinski definition) is 1. The van der Waals surface area contributed by atoms with Crippen LogP contribution < -0.4 is 0 Å². The summed E-state index contributed by atoms with van der Waals surface area (Å²) < 4.78 is 5.15. The number of carbonyl (C=O) groups is 2. The fourth-order valence-electron chi connectivity index (χ4n) is 1.75. The van der Waals surface area contributed by atoms with Crippen LogP contribution in [-0.4, -0.2) is 39.8 Å². The van der Waals surface area contributed by atoms with E-state index in [-0.39, 0.29) is 12.0 Å². The lowest BCUT2D eigenvalue weighted by atomic mass is 10.1. The molecule has 0 unspecified atom stereocenters. The summed E-state index contributed by atoms with van der Waals surface area (Å²) in [5, 5.41) is 8.94. The Hall–Kier alpha value is -1.26. The minimum absolute atomic E-state index is 0.119. The molecule has 0 aromatic rings. The van der Waals surface area contributed by atoms with Crippen molar-refractivity contribution in [2.45, 2.75) is 52.3 Å². The SMILES string of the molecule is CC(C)[C@H]1[C@H](C(=O)O)N1C(=O)OC(C)(C)C. The normalized spacial score (nSPS) is 24.5. The molecule has 5 nitrogen and oxygen atoms in total. The molecule has 0 aliphatic carbocycles. The smallest absolute Gasteiger partial charge is 0.411 e. The number of carbonyl (C=O) groups excluding carboxylic acids is 1. The zero-order chi connectivity index (χ0) is 12.7. The summed E-state index contributed by atoms with van der Waals surface area (Å²) in [4.78, 5) is 23.9. The maximum absolute atomic E-state index is 11.7. The summed E-state index contributed by atoms with van der Waals surface area (Å²) in [6.45, 7) is 9.06. The van der Waals surface area contributed by atoms with Gasteiger partial charge in [-0.15, -0.1) is 0 Å². The molecule has 5 heteroatoms. The maximum Gasteiger partial charge on any atom is 0.411 e. The summed E-state index contributed by atoms with van der Waals surface area (Å²) >= 11 is 0. The number of nitrogens with zero attached hydrogens (tertiary/aromatic N) is 1. The predicted octanol–water partition coefficient (Wildman–Crippen LogP) is 1.71. The number of ether oxygens (including phenoxy) is 1. The van der Waals surface area contributed by atoms with Crippen molar-refractivity contribution in [1.82, 2.24) is 4.90 Å². The largest absolute Gasteiger partial charge is 0.480 e. The Morgan fingerprint density at radius 3 is 2.06 bits per heavy atom. The first-order valence-electron chi connectivity index (χ1n) is 5.39. The van der Waals surface area contributed by atoms with E-state index in [1.165, 1.54) is 4.90 Å². The van der Waals surface area contributed by atoms with Crippen molar-refractivity contribution >= 4 is 12.1 Å². The molecule has 1 rings (SSSR count). The number of carboxylic acids is 1. The lowest BCUT2D eigenvalue weighted by molar-refractivity contribution is -0.137. The van der Waals surface area contributed by atoms with Gasteiger partial charge in [0.2, 0.25) is 0 Å². The zero-order valence-electron chi connectivity index (χ0n) is 10.4. The highest BCUT2D eigenvalue weighted by Crippen LogP contribution is 2.36. The lowest BCUT2D eigenvalue weighted by Crippen LogP contribution is -2.29. The number of rotatable bonds is 2. The monoisotopic (exact) mass is 229 g/mol. The number of amides is 1. The quantitative estimate of drug-likeness (QED) is 0.732. The molecular formula is C11H19NO4. The van der Waals surface area contributed by atoms with Gasteiger partial charge in [-0.05, 0) is 26.7 Å². The third kappa shape index (κ3) is 2.65. The summed E-state index contributed by atoms with van der Waals surface area (Å²) in [6.07, 6.45) is -0.543. The first kappa shape index (κ1) is 12.8. The summed E-state index contributed by atoms with van der Waals surface area (Å²) in [5.41, 5.74) is -0.593. The third-order valence-electron chi connectivity index (χ3n) is 2.40. The van der Waals surface area contributed by atoms with Gasteiger partial charge in [0.15, 0.2) is 6.04 Å². The van der Waals surface area contributed by atoms with Crippen molar-refractivity contribution in [2.75, 3.05) is 0 Å². The minimum atomic E-state index is -0.968. The van der Waals surface area contributed by atoms with Crippen LogP contribution in [0.4, 0.5) is 4.79 Å². The standard InChI is InChI=1S/C11H19NO4/c1-6(2)7-8(9(13)14)12(7)10(15)16-11(3,4)5/h6-8H,1-5H3,(H,13,14)/t7-,8+,12?/m0/s1. The molecule has 16 heavy (non-hydrogen) atoms. The van der Waals surface area contributed by atoms with Crippen LogP contribution in [-0.2, 0) is 9.53 Å². The van der Waals surface area contributed by atoms with E-state index in [0.29, 0.717) is 0 Å². The van der Waals surface area contributed by atoms with Crippen molar-refractivity contribution < 1.29 is 19.4 Å². The van der Waals surface area contributed by atoms with Crippen molar-refractivity contribution in [2.24, 2.45) is 5.92 Å². The van der Waals surface area contributed by atoms with Crippen LogP contribution in [0.25, 0.3) is 0 Å². The van der Waals surface area contributed by atoms with E-state index in [9.17, 15) is 9.59 Å². The highest BCUT2D eigenvalue weighted by molar-refractivity contribution is 5.87. The average molecular weight is 229 g/mol. The second kappa shape index (κ2) is 3.96. The van der Waals surface area contributed by atoms with Crippen LogP contribution in [0.1, 0.15) is 34.6 Å². The van der Waals surface area contributed by atoms with Gasteiger partial charge in [0, 0.05) is 0 Å². The summed E-state index contributed by atoms with van der Waals surface area (Å²) in [7, 11) is 0. The molecule has 1 heterocycles. The predicted molar refractivity (Wildman–Crippen MR) is 58.1 cm³/mol. The molecule has 0 aromatic carbocycles. The van der Waals surface area contributed by atoms with Crippen LogP contribution in [0.5, 0.6) is 0 Å². The highest BCUT2D eigenvalue weighted by atomic mass is 16.6. The Balaban J connectivity index is 2.68. The second-order valence-corrected chi connectivity index (χ2v) is 5.41. The Bertz CT molecular complexity index is 306. The van der Waals surface area contributed by atoms with E-state index in [1.807, 2.05) is 13.8 Å². The van der Waals surface area contributed by atoms with Gasteiger partial charge in [-0.2, -0.15) is 0 Å². The van der Waals surface area contributed by atoms with Crippen LogP contribution in [0.15, 0.2) is 0 Å². The third-order valence-corrected chi connectivity index (χ3v) is 2.40. The van der Waals surface area contributed by atoms with Gasteiger partial charge < -0.3 is 9.84 Å². The molecule has 0 aromatic heterocycles. The fraction of sp³-hybridized carbons (Fsp3) is 0.818. The molecule has 1 amide bonds. The number of hydrogen-bond acceptors (Lipinski definition) is 3. The van der Waals surface area contributed by atoms with Gasteiger partial charge in [-0.1, -0.05) is 13.8 Å². The van der Waals surface area contributed by atoms with Crippen LogP contribution >= 0.6 is 0 Å². The van der Waals surface area contributed by atoms with Crippen molar-refractivity contribution in [1.29, 1.82) is 0 Å². The van der Waals surface area contributed by atoms with E-state index in [4.69, 9.17) is 9.84 Å². The molecule has 1 saturated heterocycles. The molecule has 2 atom stereocenters. The van der Waals surface area contributed by atoms with Crippen molar-refractivity contribution in [3.05, 3.63) is 0 Å². The molecule has 0 bridgehead atoms. The molecular weight excluding hydrogens is 210 g/mol. The van der Waals surface area contributed by atoms with E-state index in [0.717, 1.165) is 0 Å². The van der Waals surface area contributed by atoms with Gasteiger partial charge in [-0.25, -0.2) is 9.59 Å². The zero-order valence-corrected chi connectivity index (χ0v) is 10.4. The fourth-order valence-corrected chi connectivity index (χ4v) is 1.75. The maximum atomic E-state index is 11.7. The Morgan fingerprint density at radius 1 is 1.31 bits per heavy atom. The van der Waals surface area contributed by atoms with Gasteiger partial charge in [-0.3, -0.25) is 4.90 Å². The number of carboxylic acid groups (broad SMARTS) is 1. The Kier molecular flexibility index (Phi) is 3.17. The molecule has 0 spiro atoms. The average Bonchev–Trinajstić information content (AvgIpc) is 2.73. The van der Waals surface area contributed by atoms with E-state index in [1.54, 1.807) is 20.8 Å². The van der Waals surface area contributed by atoms with Gasteiger partial charge >= 0.3 is 12.1 Å². The van der Waals surface area contributed by atoms with E-state index >= 15 is 0 Å². The van der Waals surface area contributed by atoms with Gasteiger partial charge in [0.05, 0.1) is 6.04 Å². The van der Waals surface area contributed by atoms with Crippen LogP contribution in [0.2, 0.25) is 0 Å². The first-order chi connectivity index (χ1) is 7.15. The van der Waals surface area contributed by atoms with Gasteiger partial charge in [0.1, 0.15) is 5.60 Å². The van der Waals surface area contributed by atoms with E-state index in [2.05, 4.69) is 0 Å². The molecule has 92 valence electrons. The molecule has 1 N–H and O–H groups in total. The first-order valence-corrected chi connectivity index (χ1v) is 5.39. The minimum Gasteiger partial charge on any atom is -0.480 e. The topological polar surface area (TPSA) is 66.6 Å². The Morgan fingerprint density at radius 2 is 1.81 bits per heavy atom. The molecule has 0 saturated carbocycles. The summed E-state index contributed by atoms with van der Waals surface area (Å²) in [6, 6.07) is -0.970. The molecule has 1 fully saturated rings. The van der Waals surface area contributed by atoms with Gasteiger partial charge in [0.25, 0.3) is 0 Å². The van der Waals surface area contributed by atoms with Crippen LogP contribution in [0, 0.1) is 5.92 Å². The lowest BCUT2D eigenvalue weighted by Gasteiger charge is -2.20. The van der Waals surface area contributed by atoms with Crippen molar-refractivity contribution in [3.8, 4) is 0 Å². The highest BCUT2D eigenvalue weighted by Gasteiger charge is 2.58. The number of aliphatic carboxylic acids is 1.